The third-order valence-electron chi connectivity index (χ3n) is 4.75. The monoisotopic (exact) mass is 333 g/mol. The molecule has 1 spiro atoms. The number of hydrogen-bond acceptors (Lipinski definition) is 4. The summed E-state index contributed by atoms with van der Waals surface area (Å²) in [6, 6.07) is 3.29. The second-order valence-corrected chi connectivity index (χ2v) is 7.63. The van der Waals surface area contributed by atoms with Crippen LogP contribution in [0.15, 0.2) is 30.1 Å². The molecule has 2 aliphatic rings. The maximum Gasteiger partial charge on any atom is 0.272 e. The van der Waals surface area contributed by atoms with Gasteiger partial charge in [-0.05, 0) is 31.1 Å². The van der Waals surface area contributed by atoms with Crippen molar-refractivity contribution in [3.05, 3.63) is 40.8 Å². The van der Waals surface area contributed by atoms with Crippen LogP contribution >= 0.6 is 11.6 Å². The van der Waals surface area contributed by atoms with Crippen LogP contribution in [0.25, 0.3) is 0 Å². The van der Waals surface area contributed by atoms with Crippen LogP contribution in [-0.2, 0) is 4.79 Å². The Morgan fingerprint density at radius 1 is 1.39 bits per heavy atom. The maximum atomic E-state index is 12.6. The van der Waals surface area contributed by atoms with E-state index in [1.807, 2.05) is 19.9 Å². The summed E-state index contributed by atoms with van der Waals surface area (Å²) in [4.78, 5) is 30.6. The van der Waals surface area contributed by atoms with Crippen molar-refractivity contribution in [1.29, 1.82) is 0 Å². The van der Waals surface area contributed by atoms with E-state index in [2.05, 4.69) is 4.98 Å². The highest BCUT2D eigenvalue weighted by Gasteiger charge is 2.48. The standard InChI is InChI=1S/C17H20ClN3O2/c1-16(2)9-17(7-12(19)14(16)22)5-6-21(10-17)15(23)13-4-3-11(18)8-20-13/h3-4,7-8H,5-6,9-10,19H2,1-2H3/t17-/m0/s1. The zero-order valence-corrected chi connectivity index (χ0v) is 14.1. The topological polar surface area (TPSA) is 76.3 Å². The molecule has 2 heterocycles. The molecule has 1 aromatic heterocycles. The van der Waals surface area contributed by atoms with Crippen molar-refractivity contribution in [2.75, 3.05) is 13.1 Å². The van der Waals surface area contributed by atoms with E-state index >= 15 is 0 Å². The zero-order chi connectivity index (χ0) is 16.8. The van der Waals surface area contributed by atoms with E-state index in [4.69, 9.17) is 17.3 Å². The first-order valence-corrected chi connectivity index (χ1v) is 8.04. The number of halogens is 1. The maximum absolute atomic E-state index is 12.6. The van der Waals surface area contributed by atoms with Gasteiger partial charge in [-0.2, -0.15) is 0 Å². The molecule has 2 N–H and O–H groups in total. The van der Waals surface area contributed by atoms with Gasteiger partial charge in [-0.15, -0.1) is 0 Å². The van der Waals surface area contributed by atoms with Gasteiger partial charge >= 0.3 is 0 Å². The third kappa shape index (κ3) is 2.85. The van der Waals surface area contributed by atoms with E-state index in [9.17, 15) is 9.59 Å². The minimum absolute atomic E-state index is 0.00716. The molecule has 122 valence electrons. The van der Waals surface area contributed by atoms with Crippen LogP contribution in [0.2, 0.25) is 5.02 Å². The molecule has 0 radical (unpaired) electrons. The number of hydrogen-bond donors (Lipinski definition) is 1. The Kier molecular flexibility index (Phi) is 3.71. The van der Waals surface area contributed by atoms with E-state index in [1.165, 1.54) is 6.20 Å². The molecule has 0 unspecified atom stereocenters. The van der Waals surface area contributed by atoms with Crippen molar-refractivity contribution in [1.82, 2.24) is 9.88 Å². The number of amides is 1. The van der Waals surface area contributed by atoms with Gasteiger partial charge in [-0.3, -0.25) is 9.59 Å². The van der Waals surface area contributed by atoms with Crippen molar-refractivity contribution < 1.29 is 9.59 Å². The number of carbonyl (C=O) groups excluding carboxylic acids is 2. The summed E-state index contributed by atoms with van der Waals surface area (Å²) in [5.74, 6) is -0.118. The van der Waals surface area contributed by atoms with Gasteiger partial charge < -0.3 is 10.6 Å². The number of aromatic nitrogens is 1. The SMILES string of the molecule is CC1(C)C[C@@]2(C=C(N)C1=O)CCN(C(=O)c1ccc(Cl)cn1)C2. The van der Waals surface area contributed by atoms with Crippen LogP contribution in [-0.4, -0.2) is 34.7 Å². The molecule has 0 saturated carbocycles. The quantitative estimate of drug-likeness (QED) is 0.856. The Balaban J connectivity index is 1.82. The molecule has 3 rings (SSSR count). The lowest BCUT2D eigenvalue weighted by atomic mass is 9.65. The third-order valence-corrected chi connectivity index (χ3v) is 4.98. The van der Waals surface area contributed by atoms with Crippen LogP contribution in [0, 0.1) is 10.8 Å². The molecule has 1 saturated heterocycles. The molecule has 1 aliphatic carbocycles. The van der Waals surface area contributed by atoms with Gasteiger partial charge in [-0.25, -0.2) is 4.98 Å². The summed E-state index contributed by atoms with van der Waals surface area (Å²) in [6.45, 7) is 5.04. The number of nitrogens with zero attached hydrogens (tertiary/aromatic N) is 2. The van der Waals surface area contributed by atoms with Gasteiger partial charge in [-0.1, -0.05) is 25.4 Å². The minimum atomic E-state index is -0.490. The van der Waals surface area contributed by atoms with Crippen molar-refractivity contribution in [3.63, 3.8) is 0 Å². The number of Topliss-reactive ketones (excluding diaryl/α,β-unsaturated/α-hetero) is 1. The molecule has 1 aliphatic heterocycles. The Bertz CT molecular complexity index is 696. The lowest BCUT2D eigenvalue weighted by Crippen LogP contribution is -2.42. The zero-order valence-electron chi connectivity index (χ0n) is 13.3. The Morgan fingerprint density at radius 2 is 2.13 bits per heavy atom. The number of pyridine rings is 1. The summed E-state index contributed by atoms with van der Waals surface area (Å²) in [6.07, 6.45) is 4.85. The van der Waals surface area contributed by atoms with Crippen LogP contribution in [0.4, 0.5) is 0 Å². The highest BCUT2D eigenvalue weighted by atomic mass is 35.5. The van der Waals surface area contributed by atoms with Gasteiger partial charge in [0.05, 0.1) is 10.7 Å². The number of rotatable bonds is 1. The van der Waals surface area contributed by atoms with Crippen molar-refractivity contribution in [2.24, 2.45) is 16.6 Å². The number of likely N-dealkylation sites (tertiary alicyclic amines) is 1. The number of carbonyl (C=O) groups is 2. The van der Waals surface area contributed by atoms with Crippen LogP contribution < -0.4 is 5.73 Å². The number of nitrogens with two attached hydrogens (primary N) is 1. The molecule has 0 bridgehead atoms. The van der Waals surface area contributed by atoms with E-state index in [-0.39, 0.29) is 17.1 Å². The highest BCUT2D eigenvalue weighted by Crippen LogP contribution is 2.47. The van der Waals surface area contributed by atoms with E-state index in [1.54, 1.807) is 17.0 Å². The molecule has 0 aromatic carbocycles. The van der Waals surface area contributed by atoms with Crippen LogP contribution in [0.5, 0.6) is 0 Å². The molecular weight excluding hydrogens is 314 g/mol. The normalized spacial score (nSPS) is 26.5. The fourth-order valence-corrected chi connectivity index (χ4v) is 3.91. The predicted octanol–water partition coefficient (Wildman–Crippen LogP) is 2.41. The second kappa shape index (κ2) is 5.34. The summed E-state index contributed by atoms with van der Waals surface area (Å²) < 4.78 is 0. The average molecular weight is 334 g/mol. The molecular formula is C17H20ClN3O2. The second-order valence-electron chi connectivity index (χ2n) is 7.19. The van der Waals surface area contributed by atoms with Crippen molar-refractivity contribution in [3.8, 4) is 0 Å². The summed E-state index contributed by atoms with van der Waals surface area (Å²) in [7, 11) is 0. The molecule has 1 atom stereocenters. The number of ketones is 1. The van der Waals surface area contributed by atoms with Gasteiger partial charge in [0, 0.05) is 30.1 Å². The highest BCUT2D eigenvalue weighted by molar-refractivity contribution is 6.30. The Labute approximate surface area is 140 Å². The summed E-state index contributed by atoms with van der Waals surface area (Å²) in [5, 5.41) is 0.502. The minimum Gasteiger partial charge on any atom is -0.396 e. The van der Waals surface area contributed by atoms with Gasteiger partial charge in [0.15, 0.2) is 5.78 Å². The number of allylic oxidation sites excluding steroid dienone is 1. The van der Waals surface area contributed by atoms with E-state index < -0.39 is 5.41 Å². The average Bonchev–Trinajstić information content (AvgIpc) is 2.88. The van der Waals surface area contributed by atoms with Crippen LogP contribution in [0.3, 0.4) is 0 Å². The first-order chi connectivity index (χ1) is 10.7. The van der Waals surface area contributed by atoms with E-state index in [0.717, 1.165) is 6.42 Å². The molecule has 1 fully saturated rings. The Hall–Kier alpha value is -1.88. The lowest BCUT2D eigenvalue weighted by molar-refractivity contribution is -0.125. The Morgan fingerprint density at radius 3 is 2.74 bits per heavy atom. The largest absolute Gasteiger partial charge is 0.396 e. The predicted molar refractivity (Wildman–Crippen MR) is 87.9 cm³/mol. The molecule has 6 heteroatoms. The van der Waals surface area contributed by atoms with Crippen LogP contribution in [0.1, 0.15) is 37.2 Å². The molecule has 5 nitrogen and oxygen atoms in total. The fraction of sp³-hybridized carbons (Fsp3) is 0.471. The van der Waals surface area contributed by atoms with E-state index in [0.29, 0.717) is 35.9 Å². The fourth-order valence-electron chi connectivity index (χ4n) is 3.79. The van der Waals surface area contributed by atoms with Crippen molar-refractivity contribution in [2.45, 2.75) is 26.7 Å². The summed E-state index contributed by atoms with van der Waals surface area (Å²) >= 11 is 5.81. The first-order valence-electron chi connectivity index (χ1n) is 7.66. The summed E-state index contributed by atoms with van der Waals surface area (Å²) in [5.41, 5.74) is 5.93. The van der Waals surface area contributed by atoms with Gasteiger partial charge in [0.1, 0.15) is 5.69 Å². The lowest BCUT2D eigenvalue weighted by Gasteiger charge is -2.39. The smallest absolute Gasteiger partial charge is 0.272 e. The van der Waals surface area contributed by atoms with Gasteiger partial charge in [0.25, 0.3) is 5.91 Å². The first kappa shape index (κ1) is 16.0. The van der Waals surface area contributed by atoms with Gasteiger partial charge in [0.2, 0.25) is 0 Å². The molecule has 1 amide bonds. The molecule has 1 aromatic rings. The van der Waals surface area contributed by atoms with Crippen molar-refractivity contribution >= 4 is 23.3 Å². The molecule has 23 heavy (non-hydrogen) atoms.